The van der Waals surface area contributed by atoms with Crippen molar-refractivity contribution in [3.8, 4) is 17.0 Å². The van der Waals surface area contributed by atoms with Gasteiger partial charge in [0.25, 0.3) is 0 Å². The van der Waals surface area contributed by atoms with Gasteiger partial charge in [-0.3, -0.25) is 0 Å². The molecule has 0 amide bonds. The van der Waals surface area contributed by atoms with Crippen molar-refractivity contribution in [1.29, 1.82) is 0 Å². The van der Waals surface area contributed by atoms with E-state index in [2.05, 4.69) is 35.9 Å². The number of nitrogens with zero attached hydrogens (tertiary/aromatic N) is 1. The van der Waals surface area contributed by atoms with E-state index < -0.39 is 0 Å². The van der Waals surface area contributed by atoms with Crippen molar-refractivity contribution in [2.75, 3.05) is 7.11 Å². The average molecular weight is 255 g/mol. The lowest BCUT2D eigenvalue weighted by Gasteiger charge is -2.09. The van der Waals surface area contributed by atoms with Crippen LogP contribution in [0.2, 0.25) is 0 Å². The van der Waals surface area contributed by atoms with Crippen LogP contribution < -0.4 is 4.74 Å². The molecule has 0 unspecified atom stereocenters. The number of benzene rings is 1. The Labute approximate surface area is 115 Å². The van der Waals surface area contributed by atoms with E-state index in [-0.39, 0.29) is 0 Å². The first kappa shape index (κ1) is 12.3. The molecule has 1 aliphatic rings. The minimum atomic E-state index is 0.925. The van der Waals surface area contributed by atoms with Crippen molar-refractivity contribution in [1.82, 2.24) is 4.57 Å². The minimum absolute atomic E-state index is 0.925. The lowest BCUT2D eigenvalue weighted by Crippen LogP contribution is -1.99. The third-order valence-corrected chi connectivity index (χ3v) is 4.17. The molecular formula is C17H21NO. The molecule has 0 spiro atoms. The summed E-state index contributed by atoms with van der Waals surface area (Å²) in [6.45, 7) is 0. The zero-order chi connectivity index (χ0) is 13.2. The van der Waals surface area contributed by atoms with Gasteiger partial charge in [0.1, 0.15) is 5.75 Å². The maximum atomic E-state index is 5.33. The van der Waals surface area contributed by atoms with Crippen LogP contribution >= 0.6 is 0 Å². The van der Waals surface area contributed by atoms with Gasteiger partial charge in [0.15, 0.2) is 0 Å². The number of aromatic nitrogens is 1. The van der Waals surface area contributed by atoms with E-state index in [1.807, 2.05) is 6.07 Å². The van der Waals surface area contributed by atoms with E-state index in [9.17, 15) is 0 Å². The van der Waals surface area contributed by atoms with Crippen molar-refractivity contribution in [2.45, 2.75) is 32.1 Å². The summed E-state index contributed by atoms with van der Waals surface area (Å²) in [5.41, 5.74) is 5.62. The molecular weight excluding hydrogens is 234 g/mol. The van der Waals surface area contributed by atoms with Gasteiger partial charge in [-0.05, 0) is 49.4 Å². The van der Waals surface area contributed by atoms with E-state index in [4.69, 9.17) is 4.74 Å². The Kier molecular flexibility index (Phi) is 3.33. The summed E-state index contributed by atoms with van der Waals surface area (Å²) < 4.78 is 7.70. The maximum absolute atomic E-state index is 5.33. The predicted molar refractivity (Wildman–Crippen MR) is 78.7 cm³/mol. The van der Waals surface area contributed by atoms with Crippen LogP contribution in [0, 0.1) is 0 Å². The normalized spacial score (nSPS) is 14.8. The van der Waals surface area contributed by atoms with Crippen molar-refractivity contribution >= 4 is 0 Å². The molecule has 1 aromatic heterocycles. The standard InChI is InChI=1S/C17H21NO/c1-18-16-10-5-3-4-7-14(16)12-17(18)13-8-6-9-15(11-13)19-2/h6,8-9,11-12H,3-5,7,10H2,1-2H3. The molecule has 0 fully saturated rings. The molecule has 0 N–H and O–H groups in total. The summed E-state index contributed by atoms with van der Waals surface area (Å²) in [5, 5.41) is 0. The van der Waals surface area contributed by atoms with Crippen LogP contribution in [-0.2, 0) is 19.9 Å². The molecule has 100 valence electrons. The first-order valence-electron chi connectivity index (χ1n) is 7.11. The highest BCUT2D eigenvalue weighted by Crippen LogP contribution is 2.31. The fraction of sp³-hybridized carbons (Fsp3) is 0.412. The molecule has 0 aliphatic heterocycles. The Morgan fingerprint density at radius 3 is 2.74 bits per heavy atom. The first-order chi connectivity index (χ1) is 9.29. The number of ether oxygens (including phenoxy) is 1. The summed E-state index contributed by atoms with van der Waals surface area (Å²) in [5.74, 6) is 0.925. The van der Waals surface area contributed by atoms with Gasteiger partial charge in [0, 0.05) is 24.0 Å². The highest BCUT2D eigenvalue weighted by atomic mass is 16.5. The number of hydrogen-bond donors (Lipinski definition) is 0. The molecule has 2 heteroatoms. The molecule has 2 nitrogen and oxygen atoms in total. The Hall–Kier alpha value is -1.70. The second kappa shape index (κ2) is 5.12. The molecule has 19 heavy (non-hydrogen) atoms. The van der Waals surface area contributed by atoms with Crippen LogP contribution in [-0.4, -0.2) is 11.7 Å². The molecule has 0 bridgehead atoms. The van der Waals surface area contributed by atoms with E-state index in [1.165, 1.54) is 54.6 Å². The largest absolute Gasteiger partial charge is 0.497 e. The van der Waals surface area contributed by atoms with Crippen LogP contribution in [0.4, 0.5) is 0 Å². The highest BCUT2D eigenvalue weighted by molar-refractivity contribution is 5.64. The monoisotopic (exact) mass is 255 g/mol. The van der Waals surface area contributed by atoms with Crippen LogP contribution in [0.15, 0.2) is 30.3 Å². The van der Waals surface area contributed by atoms with Crippen molar-refractivity contribution in [2.24, 2.45) is 7.05 Å². The van der Waals surface area contributed by atoms with Crippen LogP contribution in [0.3, 0.4) is 0 Å². The van der Waals surface area contributed by atoms with Gasteiger partial charge in [-0.2, -0.15) is 0 Å². The van der Waals surface area contributed by atoms with Crippen LogP contribution in [0.1, 0.15) is 30.5 Å². The molecule has 1 heterocycles. The molecule has 0 saturated carbocycles. The number of methoxy groups -OCH3 is 1. The Morgan fingerprint density at radius 1 is 1.05 bits per heavy atom. The van der Waals surface area contributed by atoms with Crippen molar-refractivity contribution < 1.29 is 4.74 Å². The third-order valence-electron chi connectivity index (χ3n) is 4.17. The van der Waals surface area contributed by atoms with Gasteiger partial charge in [-0.1, -0.05) is 18.6 Å². The van der Waals surface area contributed by atoms with Gasteiger partial charge in [-0.25, -0.2) is 0 Å². The SMILES string of the molecule is COc1cccc(-c2cc3c(n2C)CCCCC3)c1. The van der Waals surface area contributed by atoms with Gasteiger partial charge in [0.05, 0.1) is 7.11 Å². The first-order valence-corrected chi connectivity index (χ1v) is 7.11. The minimum Gasteiger partial charge on any atom is -0.497 e. The summed E-state index contributed by atoms with van der Waals surface area (Å²) in [6.07, 6.45) is 6.46. The summed E-state index contributed by atoms with van der Waals surface area (Å²) in [7, 11) is 3.91. The number of rotatable bonds is 2. The molecule has 0 saturated heterocycles. The fourth-order valence-electron chi connectivity index (χ4n) is 3.09. The van der Waals surface area contributed by atoms with E-state index in [0.717, 1.165) is 5.75 Å². The molecule has 1 aliphatic carbocycles. The molecule has 2 aromatic rings. The van der Waals surface area contributed by atoms with Crippen molar-refractivity contribution in [3.05, 3.63) is 41.6 Å². The quantitative estimate of drug-likeness (QED) is 0.741. The van der Waals surface area contributed by atoms with E-state index in [0.29, 0.717) is 0 Å². The van der Waals surface area contributed by atoms with Crippen LogP contribution in [0.25, 0.3) is 11.3 Å². The van der Waals surface area contributed by atoms with Gasteiger partial charge in [-0.15, -0.1) is 0 Å². The molecule has 0 atom stereocenters. The summed E-state index contributed by atoms with van der Waals surface area (Å²) in [6, 6.07) is 10.7. The Morgan fingerprint density at radius 2 is 1.89 bits per heavy atom. The smallest absolute Gasteiger partial charge is 0.119 e. The maximum Gasteiger partial charge on any atom is 0.119 e. The summed E-state index contributed by atoms with van der Waals surface area (Å²) in [4.78, 5) is 0. The second-order valence-electron chi connectivity index (χ2n) is 5.35. The second-order valence-corrected chi connectivity index (χ2v) is 5.35. The summed E-state index contributed by atoms with van der Waals surface area (Å²) >= 11 is 0. The lowest BCUT2D eigenvalue weighted by molar-refractivity contribution is 0.415. The van der Waals surface area contributed by atoms with Crippen molar-refractivity contribution in [3.63, 3.8) is 0 Å². The molecule has 3 rings (SSSR count). The average Bonchev–Trinajstić information content (AvgIpc) is 2.64. The number of aryl methyl sites for hydroxylation is 1. The zero-order valence-corrected chi connectivity index (χ0v) is 11.8. The molecule has 0 radical (unpaired) electrons. The van der Waals surface area contributed by atoms with Gasteiger partial charge >= 0.3 is 0 Å². The highest BCUT2D eigenvalue weighted by Gasteiger charge is 2.16. The predicted octanol–water partition coefficient (Wildman–Crippen LogP) is 3.97. The molecule has 1 aromatic carbocycles. The Bertz CT molecular complexity index is 583. The zero-order valence-electron chi connectivity index (χ0n) is 11.8. The fourth-order valence-corrected chi connectivity index (χ4v) is 3.09. The number of hydrogen-bond acceptors (Lipinski definition) is 1. The lowest BCUT2D eigenvalue weighted by atomic mass is 10.1. The van der Waals surface area contributed by atoms with Gasteiger partial charge in [0.2, 0.25) is 0 Å². The Balaban J connectivity index is 2.05. The van der Waals surface area contributed by atoms with Gasteiger partial charge < -0.3 is 9.30 Å². The van der Waals surface area contributed by atoms with E-state index >= 15 is 0 Å². The van der Waals surface area contributed by atoms with Crippen LogP contribution in [0.5, 0.6) is 5.75 Å². The third kappa shape index (κ3) is 2.27. The topological polar surface area (TPSA) is 14.2 Å². The number of fused-ring (bicyclic) bond motifs is 1. The van der Waals surface area contributed by atoms with E-state index in [1.54, 1.807) is 7.11 Å².